The largest absolute Gasteiger partial charge is 0.481 e. The fraction of sp³-hybridized carbons (Fsp3) is 0.867. The monoisotopic (exact) mass is 334 g/mol. The molecule has 0 aromatic carbocycles. The van der Waals surface area contributed by atoms with Crippen LogP contribution in [0.1, 0.15) is 52.4 Å². The zero-order chi connectivity index (χ0) is 16.8. The smallest absolute Gasteiger partial charge is 0.307 e. The van der Waals surface area contributed by atoms with Crippen molar-refractivity contribution in [1.82, 2.24) is 0 Å². The zero-order valence-corrected chi connectivity index (χ0v) is 15.2. The van der Waals surface area contributed by atoms with Crippen LogP contribution in [0.4, 0.5) is 0 Å². The third-order valence-electron chi connectivity index (χ3n) is 3.47. The normalized spacial score (nSPS) is 13.0. The summed E-state index contributed by atoms with van der Waals surface area (Å²) in [5.74, 6) is -2.79. The minimum Gasteiger partial charge on any atom is -0.481 e. The number of carboxylic acids is 2. The molecule has 0 spiro atoms. The molecule has 130 valence electrons. The van der Waals surface area contributed by atoms with Gasteiger partial charge in [-0.15, -0.1) is 0 Å². The van der Waals surface area contributed by atoms with Crippen molar-refractivity contribution in [3.63, 3.8) is 0 Å². The summed E-state index contributed by atoms with van der Waals surface area (Å²) in [6.07, 6.45) is 4.04. The summed E-state index contributed by atoms with van der Waals surface area (Å²) in [4.78, 5) is 21.5. The fourth-order valence-electron chi connectivity index (χ4n) is 2.34. The van der Waals surface area contributed by atoms with Gasteiger partial charge in [0, 0.05) is 13.2 Å². The van der Waals surface area contributed by atoms with E-state index in [9.17, 15) is 9.59 Å². The van der Waals surface area contributed by atoms with Crippen molar-refractivity contribution in [3.05, 3.63) is 0 Å². The van der Waals surface area contributed by atoms with Gasteiger partial charge in [0.25, 0.3) is 0 Å². The van der Waals surface area contributed by atoms with E-state index in [2.05, 4.69) is 0 Å². The second-order valence-corrected chi connectivity index (χ2v) is 7.27. The van der Waals surface area contributed by atoms with Gasteiger partial charge in [0.05, 0.1) is 21.9 Å². The molecule has 0 saturated heterocycles. The standard InChI is InChI=1S/C15H30O6Si/c1-3-20-15(21-4-2)22-10-8-6-5-7-9-12(14(18)19)11-13(16)17/h12,15H,3-11,22H2,1-2H3,(H,16,17)(H,18,19). The van der Waals surface area contributed by atoms with E-state index in [1.165, 1.54) is 0 Å². The second kappa shape index (κ2) is 13.7. The molecule has 0 heterocycles. The zero-order valence-electron chi connectivity index (χ0n) is 13.8. The maximum absolute atomic E-state index is 10.9. The number of hydrogen-bond donors (Lipinski definition) is 2. The van der Waals surface area contributed by atoms with Gasteiger partial charge in [0.1, 0.15) is 5.91 Å². The van der Waals surface area contributed by atoms with Crippen molar-refractivity contribution >= 4 is 21.5 Å². The molecule has 0 aliphatic rings. The van der Waals surface area contributed by atoms with E-state index in [4.69, 9.17) is 19.7 Å². The quantitative estimate of drug-likeness (QED) is 0.270. The van der Waals surface area contributed by atoms with Crippen LogP contribution in [0, 0.1) is 5.92 Å². The highest BCUT2D eigenvalue weighted by Crippen LogP contribution is 2.15. The molecule has 0 bridgehead atoms. The summed E-state index contributed by atoms with van der Waals surface area (Å²) >= 11 is 0. The third kappa shape index (κ3) is 11.7. The Kier molecular flexibility index (Phi) is 13.1. The molecule has 0 aromatic heterocycles. The predicted octanol–water partition coefficient (Wildman–Crippen LogP) is 2.06. The molecule has 0 aromatic rings. The van der Waals surface area contributed by atoms with Gasteiger partial charge >= 0.3 is 11.9 Å². The summed E-state index contributed by atoms with van der Waals surface area (Å²) in [5.41, 5.74) is 0. The molecule has 1 unspecified atom stereocenters. The first-order valence-corrected chi connectivity index (χ1v) is 10.0. The molecule has 0 fully saturated rings. The Balaban J connectivity index is 3.66. The van der Waals surface area contributed by atoms with E-state index < -0.39 is 27.4 Å². The van der Waals surface area contributed by atoms with E-state index in [-0.39, 0.29) is 12.3 Å². The molecule has 6 nitrogen and oxygen atoms in total. The van der Waals surface area contributed by atoms with Gasteiger partial charge in [0.2, 0.25) is 0 Å². The van der Waals surface area contributed by atoms with Gasteiger partial charge in [-0.3, -0.25) is 9.59 Å². The Hall–Kier alpha value is -0.923. The van der Waals surface area contributed by atoms with Crippen molar-refractivity contribution in [2.75, 3.05) is 13.2 Å². The number of carbonyl (C=O) groups is 2. The summed E-state index contributed by atoms with van der Waals surface area (Å²) in [7, 11) is -0.391. The third-order valence-corrected chi connectivity index (χ3v) is 5.32. The van der Waals surface area contributed by atoms with Crippen LogP contribution in [-0.4, -0.2) is 50.8 Å². The van der Waals surface area contributed by atoms with Crippen molar-refractivity contribution in [1.29, 1.82) is 0 Å². The number of aliphatic carboxylic acids is 2. The highest BCUT2D eigenvalue weighted by molar-refractivity contribution is 6.36. The highest BCUT2D eigenvalue weighted by atomic mass is 28.2. The van der Waals surface area contributed by atoms with Crippen molar-refractivity contribution in [2.45, 2.75) is 64.3 Å². The number of ether oxygens (including phenoxy) is 2. The van der Waals surface area contributed by atoms with Gasteiger partial charge in [0.15, 0.2) is 0 Å². The topological polar surface area (TPSA) is 93.1 Å². The minimum absolute atomic E-state index is 0.0157. The molecule has 7 heteroatoms. The van der Waals surface area contributed by atoms with Crippen LogP contribution in [0.15, 0.2) is 0 Å². The van der Waals surface area contributed by atoms with Crippen molar-refractivity contribution < 1.29 is 29.3 Å². The molecule has 0 aliphatic carbocycles. The number of rotatable bonds is 15. The lowest BCUT2D eigenvalue weighted by Gasteiger charge is -2.16. The molecule has 0 rings (SSSR count). The van der Waals surface area contributed by atoms with E-state index in [0.29, 0.717) is 19.6 Å². The molecular formula is C15H30O6Si. The van der Waals surface area contributed by atoms with Gasteiger partial charge in [-0.2, -0.15) is 0 Å². The SMILES string of the molecule is CCOC(OCC)[SiH2]CCCCCCC(CC(=O)O)C(=O)O. The van der Waals surface area contributed by atoms with E-state index >= 15 is 0 Å². The predicted molar refractivity (Wildman–Crippen MR) is 86.9 cm³/mol. The molecule has 1 atom stereocenters. The maximum Gasteiger partial charge on any atom is 0.307 e. The number of hydrogen-bond acceptors (Lipinski definition) is 4. The van der Waals surface area contributed by atoms with Crippen LogP contribution in [0.2, 0.25) is 6.04 Å². The second-order valence-electron chi connectivity index (χ2n) is 5.32. The van der Waals surface area contributed by atoms with Crippen LogP contribution in [0.3, 0.4) is 0 Å². The molecule has 0 saturated carbocycles. The van der Waals surface area contributed by atoms with Gasteiger partial charge in [-0.1, -0.05) is 31.7 Å². The molecule has 0 amide bonds. The van der Waals surface area contributed by atoms with Crippen LogP contribution < -0.4 is 0 Å². The van der Waals surface area contributed by atoms with Gasteiger partial charge in [-0.25, -0.2) is 0 Å². The Bertz CT molecular complexity index is 304. The fourth-order valence-corrected chi connectivity index (χ4v) is 4.12. The van der Waals surface area contributed by atoms with E-state index in [1.54, 1.807) is 0 Å². The maximum atomic E-state index is 10.9. The van der Waals surface area contributed by atoms with Crippen molar-refractivity contribution in [2.24, 2.45) is 5.92 Å². The summed E-state index contributed by atoms with van der Waals surface area (Å²) in [6, 6.07) is 1.15. The van der Waals surface area contributed by atoms with Gasteiger partial charge in [-0.05, 0) is 20.3 Å². The first kappa shape index (κ1) is 21.1. The molecule has 0 radical (unpaired) electrons. The van der Waals surface area contributed by atoms with Crippen LogP contribution in [0.5, 0.6) is 0 Å². The Morgan fingerprint density at radius 1 is 1.00 bits per heavy atom. The summed E-state index contributed by atoms with van der Waals surface area (Å²) < 4.78 is 11.0. The van der Waals surface area contributed by atoms with E-state index in [1.807, 2.05) is 13.8 Å². The van der Waals surface area contributed by atoms with Gasteiger partial charge < -0.3 is 19.7 Å². The highest BCUT2D eigenvalue weighted by Gasteiger charge is 2.20. The summed E-state index contributed by atoms with van der Waals surface area (Å²) in [6.45, 7) is 5.29. The molecule has 22 heavy (non-hydrogen) atoms. The Morgan fingerprint density at radius 3 is 2.09 bits per heavy atom. The first-order valence-electron chi connectivity index (χ1n) is 8.19. The Labute approximate surface area is 135 Å². The lowest BCUT2D eigenvalue weighted by atomic mass is 9.98. The average molecular weight is 334 g/mol. The lowest BCUT2D eigenvalue weighted by molar-refractivity contribution is -0.148. The molecule has 2 N–H and O–H groups in total. The average Bonchev–Trinajstić information content (AvgIpc) is 2.44. The lowest BCUT2D eigenvalue weighted by Crippen LogP contribution is -2.24. The molecular weight excluding hydrogens is 304 g/mol. The van der Waals surface area contributed by atoms with E-state index in [0.717, 1.165) is 31.7 Å². The Morgan fingerprint density at radius 2 is 1.59 bits per heavy atom. The summed E-state index contributed by atoms with van der Waals surface area (Å²) in [5, 5.41) is 17.6. The van der Waals surface area contributed by atoms with Crippen LogP contribution in [0.25, 0.3) is 0 Å². The van der Waals surface area contributed by atoms with Crippen molar-refractivity contribution in [3.8, 4) is 0 Å². The number of unbranched alkanes of at least 4 members (excludes halogenated alkanes) is 3. The minimum atomic E-state index is -1.05. The van der Waals surface area contributed by atoms with Crippen LogP contribution >= 0.6 is 0 Å². The van der Waals surface area contributed by atoms with Crippen LogP contribution in [-0.2, 0) is 19.1 Å². The number of carboxylic acid groups (broad SMARTS) is 2. The molecule has 0 aliphatic heterocycles. The first-order chi connectivity index (χ1) is 10.5.